The van der Waals surface area contributed by atoms with E-state index < -0.39 is 24.7 Å². The number of imide groups is 1. The van der Waals surface area contributed by atoms with Gasteiger partial charge < -0.3 is 10.6 Å². The van der Waals surface area contributed by atoms with Gasteiger partial charge in [0, 0.05) is 10.6 Å². The number of anilines is 1. The van der Waals surface area contributed by atoms with Gasteiger partial charge in [-0.1, -0.05) is 12.1 Å². The van der Waals surface area contributed by atoms with Crippen LogP contribution in [0.15, 0.2) is 29.2 Å². The van der Waals surface area contributed by atoms with Crippen molar-refractivity contribution in [2.45, 2.75) is 11.1 Å². The number of carbonyl (C=O) groups excluding carboxylic acids is 2. The number of hydrogen-bond acceptors (Lipinski definition) is 4. The monoisotopic (exact) mass is 321 g/mol. The molecule has 0 radical (unpaired) electrons. The van der Waals surface area contributed by atoms with Gasteiger partial charge in [-0.2, -0.15) is 13.2 Å². The maximum atomic E-state index is 11.9. The van der Waals surface area contributed by atoms with Gasteiger partial charge in [0.15, 0.2) is 0 Å². The molecule has 3 amide bonds. The minimum atomic E-state index is -4.52. The molecular formula is C12H14F3N3O2S. The van der Waals surface area contributed by atoms with E-state index in [9.17, 15) is 22.8 Å². The average molecular weight is 321 g/mol. The summed E-state index contributed by atoms with van der Waals surface area (Å²) in [6.07, 6.45) is -2.65. The van der Waals surface area contributed by atoms with E-state index in [1.165, 1.54) is 11.8 Å². The molecule has 9 heteroatoms. The highest BCUT2D eigenvalue weighted by Gasteiger charge is 2.27. The topological polar surface area (TPSA) is 70.2 Å². The number of thioether (sulfide) groups is 1. The molecule has 5 nitrogen and oxygen atoms in total. The van der Waals surface area contributed by atoms with Crippen molar-refractivity contribution in [3.8, 4) is 0 Å². The van der Waals surface area contributed by atoms with E-state index in [1.807, 2.05) is 18.4 Å². The lowest BCUT2D eigenvalue weighted by molar-refractivity contribution is -0.124. The molecule has 1 aromatic carbocycles. The molecule has 116 valence electrons. The summed E-state index contributed by atoms with van der Waals surface area (Å²) in [4.78, 5) is 23.4. The van der Waals surface area contributed by atoms with Crippen LogP contribution in [0.2, 0.25) is 0 Å². The third kappa shape index (κ3) is 6.89. The number of nitrogens with one attached hydrogen (secondary N) is 3. The van der Waals surface area contributed by atoms with Crippen molar-refractivity contribution in [1.29, 1.82) is 0 Å². The molecule has 21 heavy (non-hydrogen) atoms. The van der Waals surface area contributed by atoms with Crippen molar-refractivity contribution < 1.29 is 22.8 Å². The number of para-hydroxylation sites is 1. The van der Waals surface area contributed by atoms with Crippen LogP contribution in [0.4, 0.5) is 23.7 Å². The lowest BCUT2D eigenvalue weighted by Crippen LogP contribution is -2.45. The molecule has 0 aliphatic heterocycles. The molecule has 0 heterocycles. The number of urea groups is 1. The normalized spacial score (nSPS) is 10.9. The van der Waals surface area contributed by atoms with Gasteiger partial charge in [-0.25, -0.2) is 4.79 Å². The highest BCUT2D eigenvalue weighted by atomic mass is 32.2. The van der Waals surface area contributed by atoms with Crippen molar-refractivity contribution in [3.05, 3.63) is 24.3 Å². The zero-order chi connectivity index (χ0) is 15.9. The molecule has 0 saturated carbocycles. The van der Waals surface area contributed by atoms with E-state index in [4.69, 9.17) is 0 Å². The van der Waals surface area contributed by atoms with E-state index in [1.54, 1.807) is 22.8 Å². The van der Waals surface area contributed by atoms with Crippen LogP contribution in [0, 0.1) is 0 Å². The molecule has 1 rings (SSSR count). The van der Waals surface area contributed by atoms with E-state index in [-0.39, 0.29) is 6.54 Å². The van der Waals surface area contributed by atoms with E-state index in [2.05, 4.69) is 5.32 Å². The highest BCUT2D eigenvalue weighted by molar-refractivity contribution is 7.98. The van der Waals surface area contributed by atoms with E-state index in [0.717, 1.165) is 4.90 Å². The molecule has 0 aliphatic carbocycles. The first kappa shape index (κ1) is 17.2. The average Bonchev–Trinajstić information content (AvgIpc) is 2.42. The number of alkyl halides is 3. The molecule has 0 bridgehead atoms. The van der Waals surface area contributed by atoms with Crippen molar-refractivity contribution >= 4 is 29.4 Å². The van der Waals surface area contributed by atoms with Crippen molar-refractivity contribution in [2.24, 2.45) is 0 Å². The Balaban J connectivity index is 2.39. The van der Waals surface area contributed by atoms with Gasteiger partial charge in [-0.15, -0.1) is 11.8 Å². The molecule has 0 saturated heterocycles. The predicted octanol–water partition coefficient (Wildman–Crippen LogP) is 2.21. The summed E-state index contributed by atoms with van der Waals surface area (Å²) in [6.45, 7) is -1.72. The highest BCUT2D eigenvalue weighted by Crippen LogP contribution is 2.24. The Morgan fingerprint density at radius 1 is 1.24 bits per heavy atom. The molecule has 0 unspecified atom stereocenters. The number of halogens is 3. The lowest BCUT2D eigenvalue weighted by Gasteiger charge is -2.11. The molecule has 0 aromatic heterocycles. The minimum Gasteiger partial charge on any atom is -0.375 e. The number of hydrogen-bond donors (Lipinski definition) is 3. The second-order valence-electron chi connectivity index (χ2n) is 3.90. The summed E-state index contributed by atoms with van der Waals surface area (Å²) >= 11 is 1.47. The molecule has 0 atom stereocenters. The first-order chi connectivity index (χ1) is 9.81. The van der Waals surface area contributed by atoms with Crippen molar-refractivity contribution in [1.82, 2.24) is 10.6 Å². The SMILES string of the molecule is CSc1ccccc1NCC(=O)NC(=O)NCC(F)(F)F. The van der Waals surface area contributed by atoms with Crippen LogP contribution in [0.1, 0.15) is 0 Å². The number of carbonyl (C=O) groups is 2. The van der Waals surface area contributed by atoms with Gasteiger partial charge in [0.25, 0.3) is 0 Å². The predicted molar refractivity (Wildman–Crippen MR) is 74.3 cm³/mol. The van der Waals surface area contributed by atoms with E-state index in [0.29, 0.717) is 5.69 Å². The zero-order valence-electron chi connectivity index (χ0n) is 11.1. The second-order valence-corrected chi connectivity index (χ2v) is 4.75. The Bertz CT molecular complexity index is 509. The lowest BCUT2D eigenvalue weighted by atomic mass is 10.3. The van der Waals surface area contributed by atoms with Crippen LogP contribution in [-0.4, -0.2) is 37.5 Å². The molecule has 0 aliphatic rings. The first-order valence-electron chi connectivity index (χ1n) is 5.83. The van der Waals surface area contributed by atoms with Gasteiger partial charge in [-0.3, -0.25) is 10.1 Å². The largest absolute Gasteiger partial charge is 0.405 e. The Kier molecular flexibility index (Phi) is 6.35. The number of amides is 3. The fraction of sp³-hybridized carbons (Fsp3) is 0.333. The fourth-order valence-corrected chi connectivity index (χ4v) is 1.94. The van der Waals surface area contributed by atoms with Crippen LogP contribution in [-0.2, 0) is 4.79 Å². The van der Waals surface area contributed by atoms with Gasteiger partial charge in [0.05, 0.1) is 6.54 Å². The van der Waals surface area contributed by atoms with E-state index >= 15 is 0 Å². The third-order valence-corrected chi connectivity index (χ3v) is 3.04. The molecular weight excluding hydrogens is 307 g/mol. The fourth-order valence-electron chi connectivity index (χ4n) is 1.36. The maximum absolute atomic E-state index is 11.9. The van der Waals surface area contributed by atoms with Gasteiger partial charge in [0.2, 0.25) is 5.91 Å². The van der Waals surface area contributed by atoms with Gasteiger partial charge in [-0.05, 0) is 18.4 Å². The van der Waals surface area contributed by atoms with Crippen molar-refractivity contribution in [3.63, 3.8) is 0 Å². The van der Waals surface area contributed by atoms with Crippen LogP contribution in [0.3, 0.4) is 0 Å². The summed E-state index contributed by atoms with van der Waals surface area (Å²) in [5.74, 6) is -0.731. The molecule has 3 N–H and O–H groups in total. The summed E-state index contributed by atoms with van der Waals surface area (Å²) < 4.78 is 35.6. The number of rotatable bonds is 5. The van der Waals surface area contributed by atoms with Crippen LogP contribution in [0.5, 0.6) is 0 Å². The molecule has 0 spiro atoms. The third-order valence-electron chi connectivity index (χ3n) is 2.25. The second kappa shape index (κ2) is 7.77. The van der Waals surface area contributed by atoms with Crippen LogP contribution < -0.4 is 16.0 Å². The smallest absolute Gasteiger partial charge is 0.375 e. The first-order valence-corrected chi connectivity index (χ1v) is 7.05. The summed E-state index contributed by atoms with van der Waals surface area (Å²) in [6, 6.07) is 6.03. The zero-order valence-corrected chi connectivity index (χ0v) is 11.9. The summed E-state index contributed by atoms with van der Waals surface area (Å²) in [5.41, 5.74) is 0.704. The summed E-state index contributed by atoms with van der Waals surface area (Å²) in [7, 11) is 0. The number of benzene rings is 1. The quantitative estimate of drug-likeness (QED) is 0.727. The van der Waals surface area contributed by atoms with Gasteiger partial charge >= 0.3 is 12.2 Å². The Morgan fingerprint density at radius 2 is 1.90 bits per heavy atom. The van der Waals surface area contributed by atoms with Gasteiger partial charge in [0.1, 0.15) is 6.54 Å². The molecule has 0 fully saturated rings. The van der Waals surface area contributed by atoms with Crippen LogP contribution >= 0.6 is 11.8 Å². The Morgan fingerprint density at radius 3 is 2.52 bits per heavy atom. The maximum Gasteiger partial charge on any atom is 0.405 e. The Labute approximate surface area is 123 Å². The standard InChI is InChI=1S/C12H14F3N3O2S/c1-21-9-5-3-2-4-8(9)16-6-10(19)18-11(20)17-7-12(13,14)15/h2-5,16H,6-7H2,1H3,(H2,17,18,19,20). The van der Waals surface area contributed by atoms with Crippen molar-refractivity contribution in [2.75, 3.05) is 24.7 Å². The minimum absolute atomic E-state index is 0.225. The summed E-state index contributed by atoms with van der Waals surface area (Å²) in [5, 5.41) is 6.15. The van der Waals surface area contributed by atoms with Crippen LogP contribution in [0.25, 0.3) is 0 Å². The Hall–Kier alpha value is -1.90. The molecule has 1 aromatic rings.